The number of anilines is 8. The molecule has 0 amide bonds. The lowest BCUT2D eigenvalue weighted by atomic mass is 9.87. The number of hydrogen-bond acceptors (Lipinski definition) is 23. The van der Waals surface area contributed by atoms with E-state index in [0.717, 1.165) is 152 Å². The van der Waals surface area contributed by atoms with E-state index < -0.39 is 0 Å². The Kier molecular flexibility index (Phi) is 39.6. The molecule has 7 aromatic rings. The van der Waals surface area contributed by atoms with Gasteiger partial charge in [-0.05, 0) is 328 Å². The van der Waals surface area contributed by atoms with Gasteiger partial charge < -0.3 is 73.2 Å². The molecule has 2 aliphatic heterocycles. The molecule has 0 spiro atoms. The quantitative estimate of drug-likeness (QED) is 0.0101. The predicted octanol–water partition coefficient (Wildman–Crippen LogP) is 19.5. The first-order chi connectivity index (χ1) is 65.7. The van der Waals surface area contributed by atoms with Gasteiger partial charge in [-0.1, -0.05) is 56.7 Å². The van der Waals surface area contributed by atoms with Crippen LogP contribution in [0.4, 0.5) is 62.6 Å². The lowest BCUT2D eigenvalue weighted by Crippen LogP contribution is -2.43. The number of aliphatic imine (C=N–C) groups is 4. The topological polar surface area (TPSA) is 304 Å². The third kappa shape index (κ3) is 29.4. The van der Waals surface area contributed by atoms with E-state index in [1.54, 1.807) is 30.4 Å². The number of rotatable bonds is 35. The highest BCUT2D eigenvalue weighted by Gasteiger charge is 2.31. The number of nitrogen functional groups attached to an aromatic ring is 2. The highest BCUT2D eigenvalue weighted by molar-refractivity contribution is 6.49. The largest absolute Gasteiger partial charge is 0.399 e. The molecule has 5 aliphatic carbocycles. The first-order valence-electron chi connectivity index (χ1n) is 49.6. The molecule has 722 valence electrons. The van der Waals surface area contributed by atoms with Crippen LogP contribution in [0.25, 0.3) is 0 Å². The van der Waals surface area contributed by atoms with Gasteiger partial charge in [-0.2, -0.15) is 0 Å². The van der Waals surface area contributed by atoms with Crippen molar-refractivity contribution in [3.63, 3.8) is 0 Å². The minimum absolute atomic E-state index is 0.00902. The predicted molar refractivity (Wildman–Crippen MR) is 569 cm³/mol. The molecule has 2 saturated heterocycles. The van der Waals surface area contributed by atoms with E-state index in [1.165, 1.54) is 73.0 Å². The molecule has 23 nitrogen and oxygen atoms in total. The zero-order chi connectivity index (χ0) is 97.3. The number of nitrogens with two attached hydrogens (primary N) is 3. The van der Waals surface area contributed by atoms with Crippen LogP contribution in [0.5, 0.6) is 0 Å². The second-order valence-corrected chi connectivity index (χ2v) is 36.9. The number of benzene rings is 7. The van der Waals surface area contributed by atoms with E-state index in [-0.39, 0.29) is 42.4 Å². The number of aliphatic hydroxyl groups excluding tert-OH is 2. The van der Waals surface area contributed by atoms with Gasteiger partial charge in [0.05, 0.1) is 81.9 Å². The molecular weight excluding hydrogens is 1690 g/mol. The summed E-state index contributed by atoms with van der Waals surface area (Å²) in [6, 6.07) is 59.6. The maximum atomic E-state index is 13.4. The molecular formula is C113H149N17O6. The van der Waals surface area contributed by atoms with Crippen molar-refractivity contribution in [3.05, 3.63) is 280 Å². The van der Waals surface area contributed by atoms with Gasteiger partial charge in [0.1, 0.15) is 5.71 Å². The van der Waals surface area contributed by atoms with Gasteiger partial charge in [-0.3, -0.25) is 29.1 Å². The van der Waals surface area contributed by atoms with Crippen LogP contribution >= 0.6 is 0 Å². The number of ketones is 4. The molecule has 2 heterocycles. The first-order valence-corrected chi connectivity index (χ1v) is 49.6. The second-order valence-electron chi connectivity index (χ2n) is 36.9. The van der Waals surface area contributed by atoms with Gasteiger partial charge in [-0.15, -0.1) is 0 Å². The number of carbonyl (C=O) groups is 4. The van der Waals surface area contributed by atoms with Crippen LogP contribution in [0.3, 0.4) is 0 Å². The fourth-order valence-electron chi connectivity index (χ4n) is 18.7. The molecule has 0 aromatic heterocycles. The summed E-state index contributed by atoms with van der Waals surface area (Å²) in [6.07, 6.45) is 27.4. The average Bonchev–Trinajstić information content (AvgIpc) is 0.793. The SMILES string of the molecule is CCCC1=C(N)C(=Nc2ccc(N3CCCCC3)cc2)C=C(Cc2ccc(N3CCCCC3)cc2)C1=O.CCN(c1ccc(CC2=CC(=Nc3ccc(N(CC)C(C)C)cc3)C(NC)=CC2=O)cc1)C(C)C.CCN(c1ccc(NC2=CC(=NC3CCC(N(CC)C(C)C)CC3)C(=O)C=C2NCCO)cc1)C(C)C.Nc1ccc(CC2=CC(=Nc3ccc(N)cc3)C(NCCO)=CC2=O)cc1. The summed E-state index contributed by atoms with van der Waals surface area (Å²) in [6.45, 7) is 37.7. The molecule has 23 heteroatoms. The maximum Gasteiger partial charge on any atom is 0.205 e. The summed E-state index contributed by atoms with van der Waals surface area (Å²) in [5.74, 6) is -0.0701. The van der Waals surface area contributed by atoms with Crippen molar-refractivity contribution in [1.29, 1.82) is 0 Å². The molecule has 3 fully saturated rings. The van der Waals surface area contributed by atoms with Crippen LogP contribution in [0.1, 0.15) is 184 Å². The third-order valence-electron chi connectivity index (χ3n) is 25.9. The molecule has 7 aromatic carbocycles. The van der Waals surface area contributed by atoms with Crippen molar-refractivity contribution in [3.8, 4) is 0 Å². The molecule has 12 N–H and O–H groups in total. The highest BCUT2D eigenvalue weighted by Crippen LogP contribution is 2.34. The van der Waals surface area contributed by atoms with E-state index in [1.807, 2.05) is 73.8 Å². The van der Waals surface area contributed by atoms with Crippen LogP contribution in [-0.2, 0) is 38.4 Å². The zero-order valence-corrected chi connectivity index (χ0v) is 83.0. The van der Waals surface area contributed by atoms with Crippen molar-refractivity contribution in [2.24, 2.45) is 25.7 Å². The van der Waals surface area contributed by atoms with E-state index in [9.17, 15) is 24.3 Å². The molecule has 0 bridgehead atoms. The number of carbonyl (C=O) groups excluding carboxylic acids is 4. The third-order valence-corrected chi connectivity index (χ3v) is 25.9. The van der Waals surface area contributed by atoms with Gasteiger partial charge in [0.25, 0.3) is 0 Å². The Hall–Kier alpha value is -12.7. The summed E-state index contributed by atoms with van der Waals surface area (Å²) >= 11 is 0. The molecule has 7 aliphatic rings. The summed E-state index contributed by atoms with van der Waals surface area (Å²) in [5, 5.41) is 31.2. The Morgan fingerprint density at radius 2 is 0.794 bits per heavy atom. The van der Waals surface area contributed by atoms with Crippen LogP contribution in [0.2, 0.25) is 0 Å². The summed E-state index contributed by atoms with van der Waals surface area (Å²) < 4.78 is 0. The number of hydrogen-bond donors (Lipinski definition) is 9. The Morgan fingerprint density at radius 3 is 1.24 bits per heavy atom. The lowest BCUT2D eigenvalue weighted by Gasteiger charge is -2.38. The van der Waals surface area contributed by atoms with Gasteiger partial charge in [0, 0.05) is 201 Å². The van der Waals surface area contributed by atoms with Crippen molar-refractivity contribution in [2.45, 2.75) is 223 Å². The summed E-state index contributed by atoms with van der Waals surface area (Å²) in [5.41, 5.74) is 40.9. The van der Waals surface area contributed by atoms with Crippen molar-refractivity contribution >= 4 is 109 Å². The lowest BCUT2D eigenvalue weighted by molar-refractivity contribution is -0.113. The molecule has 14 rings (SSSR count). The molecule has 136 heavy (non-hydrogen) atoms. The monoisotopic (exact) mass is 1840 g/mol. The van der Waals surface area contributed by atoms with E-state index in [4.69, 9.17) is 37.3 Å². The normalized spacial score (nSPS) is 18.2. The van der Waals surface area contributed by atoms with E-state index >= 15 is 0 Å². The minimum Gasteiger partial charge on any atom is -0.399 e. The number of aliphatic hydroxyl groups is 2. The zero-order valence-electron chi connectivity index (χ0n) is 83.0. The molecule has 0 unspecified atom stereocenters. The second kappa shape index (κ2) is 51.8. The van der Waals surface area contributed by atoms with E-state index in [0.29, 0.717) is 126 Å². The maximum absolute atomic E-state index is 13.4. The summed E-state index contributed by atoms with van der Waals surface area (Å²) in [7, 11) is 1.82. The minimum atomic E-state index is -0.0867. The van der Waals surface area contributed by atoms with Crippen LogP contribution < -0.4 is 63.0 Å². The van der Waals surface area contributed by atoms with Gasteiger partial charge in [0.2, 0.25) is 5.78 Å². The van der Waals surface area contributed by atoms with Crippen molar-refractivity contribution < 1.29 is 29.4 Å². The van der Waals surface area contributed by atoms with Gasteiger partial charge >= 0.3 is 0 Å². The Bertz CT molecular complexity index is 5520. The number of piperidine rings is 2. The first kappa shape index (κ1) is 104. The van der Waals surface area contributed by atoms with Crippen molar-refractivity contribution in [1.82, 2.24) is 20.9 Å². The fourth-order valence-corrected chi connectivity index (χ4v) is 18.7. The van der Waals surface area contributed by atoms with Crippen LogP contribution in [-0.4, -0.2) is 183 Å². The summed E-state index contributed by atoms with van der Waals surface area (Å²) in [4.78, 5) is 85.6. The highest BCUT2D eigenvalue weighted by atomic mass is 16.3. The van der Waals surface area contributed by atoms with E-state index in [2.05, 4.69) is 255 Å². The Labute approximate surface area is 809 Å². The Morgan fingerprint density at radius 1 is 0.404 bits per heavy atom. The van der Waals surface area contributed by atoms with Crippen molar-refractivity contribution in [2.75, 3.05) is 127 Å². The molecule has 0 atom stereocenters. The number of nitrogens with zero attached hydrogens (tertiary/aromatic N) is 10. The number of Topliss-reactive ketones (excluding diaryl/α,β-unsaturated/α-hetero) is 1. The standard InChI is InChI=1S/C32H40N4O.C30H47N5O2.C30H40N4O.C21H22N4O2/c1-2-9-29-31(33)30(34-26-12-16-28(17-13-26)36-20-7-4-8-21-36)23-25(32(29)37)22-24-10-14-27(15-11-24)35-18-5-3-6-19-35;1-7-34(21(3)4)25-13-9-23(10-14-25)32-28-19-29(30(37)20-27(28)31-17-18-36)33-24-11-15-26(16-12-24)35(8-2)22(5)6;1-8-33(21(3)4)26-14-10-23(11-15-26)18-24-19-29(28(31-7)20-30(24)35)32-25-12-16-27(17-13-25)34(9-2)22(5)6;22-16-3-1-14(2-4-16)11-15-12-20(19(13-21(15)27)24-9-10-26)25-18-7-5-17(23)6-8-18/h10-17,23H,2-9,18-22,33H2,1H3;9-10,13-14,19-22,24,26,31-32,36H,7-8,11-12,15-18H2,1-6H3;10-17,19-22,31H,8-9,18H2,1-7H3;1-8,12-13,24,26H,9-11,22-23H2. The number of nitrogens with one attached hydrogen (secondary N) is 4. The average molecular weight is 1840 g/mol. The van der Waals surface area contributed by atoms with Gasteiger partial charge in [-0.25, -0.2) is 15.0 Å². The van der Waals surface area contributed by atoms with Crippen LogP contribution in [0.15, 0.2) is 283 Å². The molecule has 1 saturated carbocycles. The smallest absolute Gasteiger partial charge is 0.205 e. The van der Waals surface area contributed by atoms with Crippen LogP contribution in [0, 0.1) is 0 Å². The number of allylic oxidation sites excluding steroid dienone is 11. The van der Waals surface area contributed by atoms with Gasteiger partial charge in [0.15, 0.2) is 17.3 Å². The fraction of sp³-hybridized carbons (Fsp3) is 0.416. The molecule has 0 radical (unpaired) electrons. The Balaban J connectivity index is 0.000000175.